The van der Waals surface area contributed by atoms with Crippen molar-refractivity contribution in [3.8, 4) is 11.4 Å². The van der Waals surface area contributed by atoms with Crippen molar-refractivity contribution < 1.29 is 106 Å². The number of aromatic amines is 1. The van der Waals surface area contributed by atoms with Gasteiger partial charge in [0.25, 0.3) is 35.4 Å². The first kappa shape index (κ1) is 78.6. The Hall–Kier alpha value is -8.78. The Kier molecular flexibility index (Phi) is 29.1. The number of aromatic nitrogens is 2. The third kappa shape index (κ3) is 23.1. The van der Waals surface area contributed by atoms with Crippen LogP contribution in [0, 0.1) is 3.57 Å². The molecule has 542 valence electrons. The van der Waals surface area contributed by atoms with E-state index in [0.717, 1.165) is 14.7 Å². The maximum absolute atomic E-state index is 12.8. The topological polar surface area (TPSA) is 422 Å². The lowest BCUT2D eigenvalue weighted by Gasteiger charge is -2.34. The number of aliphatic hydroxyl groups excluding tert-OH is 3. The van der Waals surface area contributed by atoms with Crippen LogP contribution in [0.15, 0.2) is 106 Å². The summed E-state index contributed by atoms with van der Waals surface area (Å²) in [5.74, 6) is -5.18. The summed E-state index contributed by atoms with van der Waals surface area (Å²) in [7, 11) is 0. The van der Waals surface area contributed by atoms with Crippen molar-refractivity contribution in [2.45, 2.75) is 89.4 Å². The molecule has 11 rings (SSSR count). The molecule has 0 aliphatic carbocycles. The maximum atomic E-state index is 12.8. The van der Waals surface area contributed by atoms with E-state index in [4.69, 9.17) is 48.7 Å². The molecule has 7 heterocycles. The lowest BCUT2D eigenvalue weighted by atomic mass is 10.1. The van der Waals surface area contributed by atoms with E-state index in [1.807, 2.05) is 29.2 Å². The number of nitrogens with zero attached hydrogens (tertiary/aromatic N) is 6. The van der Waals surface area contributed by atoms with Gasteiger partial charge in [-0.1, -0.05) is 5.16 Å². The largest absolute Gasteiger partial charge is 0.479 e. The minimum Gasteiger partial charge on any atom is -0.479 e. The number of aliphatic carboxylic acids is 1. The van der Waals surface area contributed by atoms with Gasteiger partial charge in [-0.2, -0.15) is 0 Å². The Balaban J connectivity index is 0.000000182. The standard InChI is InChI=1S/C21H28N2O7.C17H20N2O7.C11H12INO2.C10H17NO5.C8H7N3O2/c1-21(2,3)30-20(27)16(24)17-19(26)23(10-13-29-17)15-6-4-14(5-7-15)18(25)22-8-11-28-12-9-22;20-13(17(23)24)14-16(22)19(7-10-26-14)12-3-1-11(2-4-12)15(21)18-5-8-25-9-6-18;12-10-3-1-9(2-4-10)11(14)13-5-7-15-8-6-13;1-10(2,3)16-9(14)6(12)7-8(13)11-4-5-15-7;9-6-3-1-5(2-4-6)7-10-8(12)13-11-7/h4-7,16-17,24H,8-13H2,1-3H3;1-4,13-14,20H,5-10H2,(H,23,24);1-4H,5-8H2;6-7,12H,4-5H2,1-3H3,(H,11,13);1-4H,9H2,(H,10,11,12)/t16-,17-;13-,14-;;6-,7-;/m11.1./s1. The van der Waals surface area contributed by atoms with E-state index in [1.165, 1.54) is 9.80 Å². The smallest absolute Gasteiger partial charge is 0.439 e. The fraction of sp³-hybridized carbons (Fsp3) is 0.478. The van der Waals surface area contributed by atoms with E-state index >= 15 is 0 Å². The zero-order valence-corrected chi connectivity index (χ0v) is 58.3. The molecule has 6 fully saturated rings. The molecule has 1 aromatic heterocycles. The van der Waals surface area contributed by atoms with Crippen LogP contribution < -0.4 is 26.6 Å². The molecule has 0 radical (unpaired) electrons. The third-order valence-electron chi connectivity index (χ3n) is 15.1. The van der Waals surface area contributed by atoms with Crippen molar-refractivity contribution in [1.29, 1.82) is 0 Å². The molecule has 6 amide bonds. The molecule has 0 bridgehead atoms. The van der Waals surface area contributed by atoms with E-state index < -0.39 is 89.2 Å². The Morgan fingerprint density at radius 3 is 1.25 bits per heavy atom. The molecule has 0 saturated carbocycles. The third-order valence-corrected chi connectivity index (χ3v) is 15.8. The number of carbonyl (C=O) groups excluding carboxylic acids is 8. The minimum absolute atomic E-state index is 0.0867. The summed E-state index contributed by atoms with van der Waals surface area (Å²) in [5.41, 5.74) is 8.27. The number of ether oxygens (including phenoxy) is 8. The number of anilines is 3. The number of rotatable bonds is 12. The fourth-order valence-electron chi connectivity index (χ4n) is 10.1. The molecule has 5 aromatic rings. The van der Waals surface area contributed by atoms with Gasteiger partial charge in [0.2, 0.25) is 0 Å². The lowest BCUT2D eigenvalue weighted by molar-refractivity contribution is -0.178. The summed E-state index contributed by atoms with van der Waals surface area (Å²) in [4.78, 5) is 129. The van der Waals surface area contributed by atoms with Gasteiger partial charge in [0.1, 0.15) is 11.2 Å². The summed E-state index contributed by atoms with van der Waals surface area (Å²) < 4.78 is 46.8. The van der Waals surface area contributed by atoms with Crippen molar-refractivity contribution >= 4 is 93.0 Å². The number of hydrogen-bond donors (Lipinski definition) is 7. The average Bonchev–Trinajstić information content (AvgIpc) is 0.932. The predicted octanol–water partition coefficient (Wildman–Crippen LogP) is 1.51. The number of H-pyrrole nitrogens is 1. The highest BCUT2D eigenvalue weighted by molar-refractivity contribution is 14.1. The predicted molar refractivity (Wildman–Crippen MR) is 363 cm³/mol. The highest BCUT2D eigenvalue weighted by atomic mass is 127. The number of halogens is 1. The number of nitrogens with one attached hydrogen (secondary N) is 2. The van der Waals surface area contributed by atoms with Crippen LogP contribution in [-0.2, 0) is 66.7 Å². The second-order valence-corrected chi connectivity index (χ2v) is 26.0. The van der Waals surface area contributed by atoms with E-state index in [9.17, 15) is 63.3 Å². The molecular formula is C67H84IN9O23. The monoisotopic (exact) mass is 1510 g/mol. The Bertz CT molecular complexity index is 3620. The lowest BCUT2D eigenvalue weighted by Crippen LogP contribution is -2.55. The number of nitrogens with two attached hydrogens (primary N) is 1. The summed E-state index contributed by atoms with van der Waals surface area (Å²) >= 11 is 2.23. The summed E-state index contributed by atoms with van der Waals surface area (Å²) in [5, 5.41) is 44.4. The first-order chi connectivity index (χ1) is 47.5. The fourth-order valence-corrected chi connectivity index (χ4v) is 10.4. The van der Waals surface area contributed by atoms with Gasteiger partial charge in [0.15, 0.2) is 42.4 Å². The van der Waals surface area contributed by atoms with Crippen LogP contribution in [0.3, 0.4) is 0 Å². The minimum atomic E-state index is -1.92. The van der Waals surface area contributed by atoms with Crippen LogP contribution in [0.1, 0.15) is 72.6 Å². The van der Waals surface area contributed by atoms with Crippen molar-refractivity contribution in [3.63, 3.8) is 0 Å². The molecule has 0 unspecified atom stereocenters. The molecule has 4 aromatic carbocycles. The number of carboxylic acids is 1. The van der Waals surface area contributed by atoms with Crippen LogP contribution in [-0.4, -0.2) is 265 Å². The molecule has 100 heavy (non-hydrogen) atoms. The van der Waals surface area contributed by atoms with Crippen LogP contribution in [0.4, 0.5) is 17.1 Å². The number of aliphatic hydroxyl groups is 3. The number of carbonyl (C=O) groups is 9. The summed E-state index contributed by atoms with van der Waals surface area (Å²) in [6.07, 6.45) is -9.20. The normalized spacial score (nSPS) is 19.7. The number of carboxylic acid groups (broad SMARTS) is 1. The van der Waals surface area contributed by atoms with Gasteiger partial charge in [0, 0.05) is 102 Å². The molecule has 33 heteroatoms. The second kappa shape index (κ2) is 37.1. The first-order valence-corrected chi connectivity index (χ1v) is 33.0. The van der Waals surface area contributed by atoms with Crippen LogP contribution >= 0.6 is 22.6 Å². The van der Waals surface area contributed by atoms with Gasteiger partial charge in [-0.3, -0.25) is 38.3 Å². The molecule has 8 N–H and O–H groups in total. The van der Waals surface area contributed by atoms with Crippen molar-refractivity contribution in [2.24, 2.45) is 0 Å². The molecule has 0 spiro atoms. The van der Waals surface area contributed by atoms with E-state index in [0.29, 0.717) is 119 Å². The molecule has 6 aliphatic heterocycles. The summed E-state index contributed by atoms with van der Waals surface area (Å²) in [6.45, 7) is 18.4. The van der Waals surface area contributed by atoms with Crippen LogP contribution in [0.5, 0.6) is 0 Å². The SMILES string of the molecule is CC(C)(C)OC(=O)[C@H](O)[C@H]1OCCN(c2ccc(C(=O)N3CCOCC3)cc2)C1=O.CC(C)(C)OC(=O)[C@H](O)[C@H]1OCCNC1=O.Nc1ccc(-c2noc(=O)[nH]2)cc1.O=C(O)[C@H](O)[C@H]1OCCN(c2ccc(C(=O)N3CCOCC3)cc2)C1=O.O=C(c1ccc(I)cc1)N1CCOCC1. The van der Waals surface area contributed by atoms with Crippen LogP contribution in [0.25, 0.3) is 11.4 Å². The Labute approximate surface area is 588 Å². The van der Waals surface area contributed by atoms with Crippen LogP contribution in [0.2, 0.25) is 0 Å². The van der Waals surface area contributed by atoms with Gasteiger partial charge in [-0.05, 0) is 161 Å². The Morgan fingerprint density at radius 1 is 0.520 bits per heavy atom. The summed E-state index contributed by atoms with van der Waals surface area (Å²) in [6, 6.07) is 27.8. The maximum Gasteiger partial charge on any atom is 0.439 e. The second-order valence-electron chi connectivity index (χ2n) is 24.8. The van der Waals surface area contributed by atoms with Crippen molar-refractivity contribution in [3.05, 3.63) is 128 Å². The van der Waals surface area contributed by atoms with Crippen molar-refractivity contribution in [1.82, 2.24) is 30.2 Å². The molecule has 6 saturated heterocycles. The molecule has 6 atom stereocenters. The van der Waals surface area contributed by atoms with E-state index in [-0.39, 0.29) is 50.6 Å². The number of nitrogen functional groups attached to an aromatic ring is 1. The highest BCUT2D eigenvalue weighted by Gasteiger charge is 2.43. The number of benzene rings is 4. The average molecular weight is 1510 g/mol. The van der Waals surface area contributed by atoms with E-state index in [2.05, 4.69) is 42.6 Å². The first-order valence-electron chi connectivity index (χ1n) is 32.0. The van der Waals surface area contributed by atoms with Gasteiger partial charge in [0.05, 0.1) is 59.5 Å². The van der Waals surface area contributed by atoms with Gasteiger partial charge in [-0.15, -0.1) is 0 Å². The molecule has 6 aliphatic rings. The molecule has 32 nitrogen and oxygen atoms in total. The number of amides is 6. The van der Waals surface area contributed by atoms with Gasteiger partial charge < -0.3 is 93.9 Å². The number of esters is 2. The highest BCUT2D eigenvalue weighted by Crippen LogP contribution is 2.26. The number of hydrogen-bond acceptors (Lipinski definition) is 24. The quantitative estimate of drug-likeness (QED) is 0.0529. The van der Waals surface area contributed by atoms with E-state index in [1.54, 1.807) is 124 Å². The van der Waals surface area contributed by atoms with Crippen molar-refractivity contribution in [2.75, 3.05) is 134 Å². The zero-order valence-electron chi connectivity index (χ0n) is 56.1. The zero-order chi connectivity index (χ0) is 72.8. The molecular weight excluding hydrogens is 1430 g/mol. The van der Waals surface area contributed by atoms with Gasteiger partial charge in [-0.25, -0.2) is 19.2 Å². The number of morpholine rings is 6. The van der Waals surface area contributed by atoms with Gasteiger partial charge >= 0.3 is 23.7 Å². The Morgan fingerprint density at radius 2 is 0.890 bits per heavy atom.